The minimum absolute atomic E-state index is 0.0604. The second-order valence-electron chi connectivity index (χ2n) is 3.70. The van der Waals surface area contributed by atoms with Crippen LogP contribution in [-0.2, 0) is 12.6 Å². The fraction of sp³-hybridized carbons (Fsp3) is 0.556. The van der Waals surface area contributed by atoms with Gasteiger partial charge in [-0.3, -0.25) is 4.79 Å². The second-order valence-corrected chi connectivity index (χ2v) is 3.70. The van der Waals surface area contributed by atoms with Crippen LogP contribution in [0.5, 0.6) is 0 Å². The van der Waals surface area contributed by atoms with Crippen LogP contribution in [0.25, 0.3) is 0 Å². The van der Waals surface area contributed by atoms with Crippen LogP contribution in [0.2, 0.25) is 0 Å². The molecule has 0 aliphatic carbocycles. The summed E-state index contributed by atoms with van der Waals surface area (Å²) >= 11 is 0. The van der Waals surface area contributed by atoms with Gasteiger partial charge in [0.25, 0.3) is 0 Å². The number of nitrogens with zero attached hydrogens (tertiary/aromatic N) is 1. The van der Waals surface area contributed by atoms with Gasteiger partial charge in [0.2, 0.25) is 0 Å². The van der Waals surface area contributed by atoms with Crippen LogP contribution in [0.15, 0.2) is 4.52 Å². The van der Waals surface area contributed by atoms with Crippen molar-refractivity contribution in [3.05, 3.63) is 17.0 Å². The highest BCUT2D eigenvalue weighted by Gasteiger charge is 2.42. The first-order valence-corrected chi connectivity index (χ1v) is 4.49. The lowest BCUT2D eigenvalue weighted by Gasteiger charge is -2.07. The van der Waals surface area contributed by atoms with E-state index in [1.807, 2.05) is 0 Å². The van der Waals surface area contributed by atoms with Crippen LogP contribution in [0.3, 0.4) is 0 Å². The van der Waals surface area contributed by atoms with Crippen molar-refractivity contribution in [1.29, 1.82) is 0 Å². The van der Waals surface area contributed by atoms with Crippen molar-refractivity contribution < 1.29 is 26.9 Å². The third-order valence-electron chi connectivity index (χ3n) is 1.83. The van der Waals surface area contributed by atoms with E-state index in [2.05, 4.69) is 9.68 Å². The Morgan fingerprint density at radius 3 is 2.38 bits per heavy atom. The van der Waals surface area contributed by atoms with E-state index in [0.717, 1.165) is 0 Å². The third-order valence-corrected chi connectivity index (χ3v) is 1.83. The van der Waals surface area contributed by atoms with Crippen molar-refractivity contribution >= 4 is 6.04 Å². The number of alkyl halides is 3. The van der Waals surface area contributed by atoms with Gasteiger partial charge < -0.3 is 4.52 Å². The molecule has 0 atom stereocenters. The topological polar surface area (TPSA) is 43.1 Å². The first-order valence-electron chi connectivity index (χ1n) is 4.49. The summed E-state index contributed by atoms with van der Waals surface area (Å²) in [7, 11) is 0. The van der Waals surface area contributed by atoms with Crippen LogP contribution in [0.4, 0.5) is 17.6 Å². The molecule has 0 saturated heterocycles. The van der Waals surface area contributed by atoms with E-state index in [-0.39, 0.29) is 12.3 Å². The number of carbonyl (C=O) groups excluding carboxylic acids is 1. The normalized spacial score (nSPS) is 12.2. The number of halogens is 4. The zero-order chi connectivity index (χ0) is 12.5. The van der Waals surface area contributed by atoms with E-state index >= 15 is 0 Å². The van der Waals surface area contributed by atoms with Gasteiger partial charge in [-0.05, 0) is 5.92 Å². The van der Waals surface area contributed by atoms with Crippen molar-refractivity contribution in [1.82, 2.24) is 5.16 Å². The second kappa shape index (κ2) is 4.23. The summed E-state index contributed by atoms with van der Waals surface area (Å²) in [6.45, 7) is 3.33. The zero-order valence-electron chi connectivity index (χ0n) is 8.56. The molecule has 0 radical (unpaired) electrons. The summed E-state index contributed by atoms with van der Waals surface area (Å²) in [6.07, 6.45) is -4.91. The quantitative estimate of drug-likeness (QED) is 0.601. The lowest BCUT2D eigenvalue weighted by Crippen LogP contribution is -2.13. The maximum atomic E-state index is 12.5. The van der Waals surface area contributed by atoms with Crippen LogP contribution >= 0.6 is 0 Å². The highest BCUT2D eigenvalue weighted by atomic mass is 19.4. The van der Waals surface area contributed by atoms with Gasteiger partial charge in [-0.2, -0.15) is 17.6 Å². The largest absolute Gasteiger partial charge is 0.422 e. The van der Waals surface area contributed by atoms with Crippen LogP contribution in [0, 0.1) is 5.92 Å². The van der Waals surface area contributed by atoms with Crippen LogP contribution in [0.1, 0.15) is 35.7 Å². The summed E-state index contributed by atoms with van der Waals surface area (Å²) in [6, 6.07) is -2.24. The Bertz CT molecular complexity index is 395. The monoisotopic (exact) mass is 239 g/mol. The van der Waals surface area contributed by atoms with Gasteiger partial charge in [0, 0.05) is 6.42 Å². The van der Waals surface area contributed by atoms with Gasteiger partial charge in [-0.25, -0.2) is 0 Å². The van der Waals surface area contributed by atoms with E-state index in [1.54, 1.807) is 13.8 Å². The number of hydrogen-bond donors (Lipinski definition) is 0. The Balaban J connectivity index is 3.25. The van der Waals surface area contributed by atoms with Gasteiger partial charge in [0.15, 0.2) is 5.69 Å². The molecular formula is C9H9F4NO2. The molecule has 0 fully saturated rings. The van der Waals surface area contributed by atoms with Crippen molar-refractivity contribution in [3.8, 4) is 0 Å². The van der Waals surface area contributed by atoms with Crippen molar-refractivity contribution in [3.63, 3.8) is 0 Å². The Kier molecular flexibility index (Phi) is 3.35. The molecule has 1 rings (SSSR count). The molecule has 0 spiro atoms. The first kappa shape index (κ1) is 12.7. The highest BCUT2D eigenvalue weighted by Crippen LogP contribution is 2.35. The number of hydrogen-bond acceptors (Lipinski definition) is 3. The van der Waals surface area contributed by atoms with Crippen molar-refractivity contribution in [2.45, 2.75) is 26.4 Å². The molecule has 0 N–H and O–H groups in total. The molecule has 7 heteroatoms. The van der Waals surface area contributed by atoms with Gasteiger partial charge >= 0.3 is 12.2 Å². The van der Waals surface area contributed by atoms with Gasteiger partial charge in [-0.1, -0.05) is 19.0 Å². The summed E-state index contributed by atoms with van der Waals surface area (Å²) in [5.41, 5.74) is -2.71. The molecule has 0 aliphatic heterocycles. The molecule has 3 nitrogen and oxygen atoms in total. The number of carbonyl (C=O) groups is 1. The molecule has 90 valence electrons. The van der Waals surface area contributed by atoms with Crippen LogP contribution < -0.4 is 0 Å². The molecule has 16 heavy (non-hydrogen) atoms. The van der Waals surface area contributed by atoms with E-state index in [0.29, 0.717) is 0 Å². The average Bonchev–Trinajstić information content (AvgIpc) is 2.45. The summed E-state index contributed by atoms with van der Waals surface area (Å²) in [4.78, 5) is 10.3. The Labute approximate surface area is 88.4 Å². The Morgan fingerprint density at radius 2 is 2.00 bits per heavy atom. The predicted octanol–water partition coefficient (Wildman–Crippen LogP) is 3.00. The van der Waals surface area contributed by atoms with Gasteiger partial charge in [0.05, 0.1) is 0 Å². The average molecular weight is 239 g/mol. The van der Waals surface area contributed by atoms with E-state index in [1.165, 1.54) is 0 Å². The molecular weight excluding hydrogens is 230 g/mol. The lowest BCUT2D eigenvalue weighted by atomic mass is 10.0. The molecule has 0 aliphatic rings. The fourth-order valence-electron chi connectivity index (χ4n) is 1.26. The minimum Gasteiger partial charge on any atom is -0.360 e. The molecule has 0 bridgehead atoms. The van der Waals surface area contributed by atoms with Crippen molar-refractivity contribution in [2.24, 2.45) is 5.92 Å². The number of aromatic nitrogens is 1. The Morgan fingerprint density at radius 1 is 1.44 bits per heavy atom. The maximum absolute atomic E-state index is 12.5. The van der Waals surface area contributed by atoms with E-state index < -0.39 is 29.2 Å². The zero-order valence-corrected chi connectivity index (χ0v) is 8.56. The first-order chi connectivity index (χ1) is 7.23. The highest BCUT2D eigenvalue weighted by molar-refractivity contribution is 5.88. The van der Waals surface area contributed by atoms with Crippen molar-refractivity contribution in [2.75, 3.05) is 0 Å². The molecule has 0 saturated carbocycles. The maximum Gasteiger partial charge on any atom is 0.422 e. The van der Waals surface area contributed by atoms with E-state index in [9.17, 15) is 22.4 Å². The molecule has 1 heterocycles. The summed E-state index contributed by atoms with van der Waals surface area (Å²) < 4.78 is 54.3. The van der Waals surface area contributed by atoms with Gasteiger partial charge in [0.1, 0.15) is 11.3 Å². The summed E-state index contributed by atoms with van der Waals surface area (Å²) in [5, 5.41) is 2.82. The third kappa shape index (κ3) is 2.59. The van der Waals surface area contributed by atoms with Crippen LogP contribution in [-0.4, -0.2) is 11.2 Å². The lowest BCUT2D eigenvalue weighted by molar-refractivity contribution is -0.139. The number of rotatable bonds is 3. The summed E-state index contributed by atoms with van der Waals surface area (Å²) in [5.74, 6) is -0.639. The molecule has 1 aromatic rings. The molecule has 0 unspecified atom stereocenters. The molecule has 1 aromatic heterocycles. The standard InChI is InChI=1S/C9H9F4NO2/c1-4(2)3-5-6(9(11,12)13)7(8(10)15)14-16-5/h4H,3H2,1-2H3. The minimum atomic E-state index is -4.85. The van der Waals surface area contributed by atoms with E-state index in [4.69, 9.17) is 0 Å². The fourth-order valence-corrected chi connectivity index (χ4v) is 1.26. The smallest absolute Gasteiger partial charge is 0.360 e. The molecule has 0 aromatic carbocycles. The van der Waals surface area contributed by atoms with Gasteiger partial charge in [-0.15, -0.1) is 0 Å². The SMILES string of the molecule is CC(C)Cc1onc(C(=O)F)c1C(F)(F)F. The Hall–Kier alpha value is -1.40. The molecule has 0 amide bonds. The predicted molar refractivity (Wildman–Crippen MR) is 45.5 cm³/mol.